The van der Waals surface area contributed by atoms with Gasteiger partial charge in [-0.1, -0.05) is 26.7 Å². The lowest BCUT2D eigenvalue weighted by Crippen LogP contribution is -2.31. The molecule has 0 aliphatic rings. The third-order valence-electron chi connectivity index (χ3n) is 4.30. The molecular weight excluding hydrogens is 364 g/mol. The number of rotatable bonds is 15. The molecule has 5 nitrogen and oxygen atoms in total. The van der Waals surface area contributed by atoms with Gasteiger partial charge in [0.15, 0.2) is 0 Å². The first-order chi connectivity index (χ1) is 12.6. The molecule has 3 N–H and O–H groups in total. The van der Waals surface area contributed by atoms with E-state index in [1.54, 1.807) is 11.8 Å². The minimum atomic E-state index is -0.0850. The Morgan fingerprint density at radius 1 is 1.27 bits per heavy atom. The van der Waals surface area contributed by atoms with Crippen LogP contribution in [-0.4, -0.2) is 54.0 Å². The molecule has 1 heterocycles. The SMILES string of the molecule is CCCCN(CCCC)CCCNC(=O)c1csc(C(N)CCSC)n1. The van der Waals surface area contributed by atoms with Gasteiger partial charge in [-0.3, -0.25) is 4.79 Å². The van der Waals surface area contributed by atoms with Crippen molar-refractivity contribution in [2.24, 2.45) is 5.73 Å². The van der Waals surface area contributed by atoms with Crippen LogP contribution in [0.4, 0.5) is 0 Å². The van der Waals surface area contributed by atoms with Crippen LogP contribution in [-0.2, 0) is 0 Å². The monoisotopic (exact) mass is 400 g/mol. The van der Waals surface area contributed by atoms with Crippen LogP contribution >= 0.6 is 23.1 Å². The van der Waals surface area contributed by atoms with Crippen LogP contribution in [0.1, 0.15) is 73.9 Å². The predicted molar refractivity (Wildman–Crippen MR) is 115 cm³/mol. The van der Waals surface area contributed by atoms with Crippen molar-refractivity contribution in [2.45, 2.75) is 58.4 Å². The molecular formula is C19H36N4OS2. The van der Waals surface area contributed by atoms with Crippen LogP contribution in [0.5, 0.6) is 0 Å². The van der Waals surface area contributed by atoms with Gasteiger partial charge in [0.05, 0.1) is 6.04 Å². The van der Waals surface area contributed by atoms with Gasteiger partial charge in [0.1, 0.15) is 10.7 Å². The van der Waals surface area contributed by atoms with E-state index in [2.05, 4.69) is 35.3 Å². The Hall–Kier alpha value is -0.630. The van der Waals surface area contributed by atoms with Crippen LogP contribution in [0.3, 0.4) is 0 Å². The van der Waals surface area contributed by atoms with Crippen LogP contribution in [0.15, 0.2) is 5.38 Å². The molecule has 7 heteroatoms. The maximum Gasteiger partial charge on any atom is 0.270 e. The molecule has 0 radical (unpaired) electrons. The van der Waals surface area contributed by atoms with Gasteiger partial charge in [-0.25, -0.2) is 4.98 Å². The van der Waals surface area contributed by atoms with Crippen molar-refractivity contribution in [3.8, 4) is 0 Å². The molecule has 0 fully saturated rings. The first-order valence-corrected chi connectivity index (χ1v) is 12.1. The summed E-state index contributed by atoms with van der Waals surface area (Å²) in [4.78, 5) is 19.2. The van der Waals surface area contributed by atoms with E-state index in [1.807, 2.05) is 5.38 Å². The van der Waals surface area contributed by atoms with E-state index in [9.17, 15) is 4.79 Å². The van der Waals surface area contributed by atoms with E-state index in [0.29, 0.717) is 12.2 Å². The average molecular weight is 401 g/mol. The van der Waals surface area contributed by atoms with Gasteiger partial charge in [-0.15, -0.1) is 11.3 Å². The molecule has 1 atom stereocenters. The molecule has 1 aromatic rings. The Morgan fingerprint density at radius 3 is 2.54 bits per heavy atom. The lowest BCUT2D eigenvalue weighted by atomic mass is 10.2. The van der Waals surface area contributed by atoms with Crippen molar-refractivity contribution in [1.29, 1.82) is 0 Å². The normalized spacial score (nSPS) is 12.5. The molecule has 0 saturated carbocycles. The molecule has 1 amide bonds. The first kappa shape index (κ1) is 23.4. The van der Waals surface area contributed by atoms with Gasteiger partial charge in [0, 0.05) is 11.9 Å². The lowest BCUT2D eigenvalue weighted by molar-refractivity contribution is 0.0947. The fourth-order valence-electron chi connectivity index (χ4n) is 2.62. The molecule has 0 spiro atoms. The molecule has 0 bridgehead atoms. The number of thiazole rings is 1. The number of nitrogens with two attached hydrogens (primary N) is 1. The van der Waals surface area contributed by atoms with Crippen molar-refractivity contribution in [3.05, 3.63) is 16.1 Å². The van der Waals surface area contributed by atoms with E-state index >= 15 is 0 Å². The van der Waals surface area contributed by atoms with Crippen molar-refractivity contribution in [1.82, 2.24) is 15.2 Å². The standard InChI is InChI=1S/C19H36N4OS2/c1-4-6-11-23(12-7-5-2)13-8-10-21-18(24)17-15-26-19(22-17)16(20)9-14-25-3/h15-16H,4-14,20H2,1-3H3,(H,21,24). The highest BCUT2D eigenvalue weighted by Crippen LogP contribution is 2.20. The minimum absolute atomic E-state index is 0.0697. The Labute approximate surface area is 167 Å². The van der Waals surface area contributed by atoms with Crippen LogP contribution in [0.25, 0.3) is 0 Å². The number of nitrogens with one attached hydrogen (secondary N) is 1. The highest BCUT2D eigenvalue weighted by atomic mass is 32.2. The Bertz CT molecular complexity index is 488. The van der Waals surface area contributed by atoms with Gasteiger partial charge < -0.3 is 16.0 Å². The molecule has 0 aliphatic heterocycles. The van der Waals surface area contributed by atoms with Crippen molar-refractivity contribution in [2.75, 3.05) is 38.2 Å². The molecule has 26 heavy (non-hydrogen) atoms. The fraction of sp³-hybridized carbons (Fsp3) is 0.789. The maximum atomic E-state index is 12.3. The Kier molecular flexibility index (Phi) is 13.0. The molecule has 1 aromatic heterocycles. The summed E-state index contributed by atoms with van der Waals surface area (Å²) in [7, 11) is 0. The van der Waals surface area contributed by atoms with Crippen molar-refractivity contribution >= 4 is 29.0 Å². The Balaban J connectivity index is 2.33. The predicted octanol–water partition coefficient (Wildman–Crippen LogP) is 3.92. The molecule has 0 aliphatic carbocycles. The number of aromatic nitrogens is 1. The zero-order chi connectivity index (χ0) is 19.2. The number of thioether (sulfide) groups is 1. The minimum Gasteiger partial charge on any atom is -0.351 e. The van der Waals surface area contributed by atoms with E-state index in [-0.39, 0.29) is 11.9 Å². The topological polar surface area (TPSA) is 71.2 Å². The highest BCUT2D eigenvalue weighted by molar-refractivity contribution is 7.98. The van der Waals surface area contributed by atoms with Gasteiger partial charge in [0.2, 0.25) is 0 Å². The second-order valence-electron chi connectivity index (χ2n) is 6.62. The third kappa shape index (κ3) is 9.35. The largest absolute Gasteiger partial charge is 0.351 e. The number of hydrogen-bond acceptors (Lipinski definition) is 6. The maximum absolute atomic E-state index is 12.3. The summed E-state index contributed by atoms with van der Waals surface area (Å²) < 4.78 is 0. The van der Waals surface area contributed by atoms with Crippen LogP contribution in [0, 0.1) is 0 Å². The van der Waals surface area contributed by atoms with Gasteiger partial charge in [0.25, 0.3) is 5.91 Å². The summed E-state index contributed by atoms with van der Waals surface area (Å²) in [6.45, 7) is 8.52. The summed E-state index contributed by atoms with van der Waals surface area (Å²) in [5, 5.41) is 5.67. The molecule has 150 valence electrons. The lowest BCUT2D eigenvalue weighted by Gasteiger charge is -2.21. The number of amides is 1. The zero-order valence-electron chi connectivity index (χ0n) is 16.6. The Morgan fingerprint density at radius 2 is 1.92 bits per heavy atom. The summed E-state index contributed by atoms with van der Waals surface area (Å²) in [5.74, 6) is 0.924. The van der Waals surface area contributed by atoms with E-state index in [4.69, 9.17) is 5.73 Å². The number of carbonyl (C=O) groups is 1. The van der Waals surface area contributed by atoms with Crippen molar-refractivity contribution < 1.29 is 4.79 Å². The first-order valence-electron chi connectivity index (χ1n) is 9.82. The molecule has 1 unspecified atom stereocenters. The van der Waals surface area contributed by atoms with Crippen LogP contribution < -0.4 is 11.1 Å². The van der Waals surface area contributed by atoms with Gasteiger partial charge in [-0.2, -0.15) is 11.8 Å². The number of hydrogen-bond donors (Lipinski definition) is 2. The summed E-state index contributed by atoms with van der Waals surface area (Å²) in [6, 6.07) is -0.0697. The summed E-state index contributed by atoms with van der Waals surface area (Å²) in [6.07, 6.45) is 8.88. The molecule has 0 saturated heterocycles. The fourth-order valence-corrected chi connectivity index (χ4v) is 3.95. The van der Waals surface area contributed by atoms with Crippen LogP contribution in [0.2, 0.25) is 0 Å². The second-order valence-corrected chi connectivity index (χ2v) is 8.49. The molecule has 0 aromatic carbocycles. The van der Waals surface area contributed by atoms with E-state index in [0.717, 1.165) is 43.2 Å². The van der Waals surface area contributed by atoms with Crippen molar-refractivity contribution in [3.63, 3.8) is 0 Å². The number of unbranched alkanes of at least 4 members (excludes halogenated alkanes) is 2. The summed E-state index contributed by atoms with van der Waals surface area (Å²) in [5.41, 5.74) is 6.63. The smallest absolute Gasteiger partial charge is 0.270 e. The third-order valence-corrected chi connectivity index (χ3v) is 5.92. The quantitative estimate of drug-likeness (QED) is 0.437. The number of nitrogens with zero attached hydrogens (tertiary/aromatic N) is 2. The summed E-state index contributed by atoms with van der Waals surface area (Å²) >= 11 is 3.26. The van der Waals surface area contributed by atoms with E-state index in [1.165, 1.54) is 37.0 Å². The second kappa shape index (κ2) is 14.4. The van der Waals surface area contributed by atoms with Gasteiger partial charge >= 0.3 is 0 Å². The van der Waals surface area contributed by atoms with E-state index < -0.39 is 0 Å². The molecule has 1 rings (SSSR count). The zero-order valence-corrected chi connectivity index (χ0v) is 18.3. The highest BCUT2D eigenvalue weighted by Gasteiger charge is 2.15. The average Bonchev–Trinajstić information content (AvgIpc) is 3.14. The number of carbonyl (C=O) groups excluding carboxylic acids is 1. The van der Waals surface area contributed by atoms with Gasteiger partial charge in [-0.05, 0) is 57.3 Å².